The van der Waals surface area contributed by atoms with Crippen LogP contribution in [0.3, 0.4) is 0 Å². The fourth-order valence-corrected chi connectivity index (χ4v) is 4.66. The lowest BCUT2D eigenvalue weighted by Crippen LogP contribution is -2.26. The van der Waals surface area contributed by atoms with Crippen LogP contribution in [0.15, 0.2) is 30.3 Å². The van der Waals surface area contributed by atoms with E-state index in [4.69, 9.17) is 5.11 Å². The van der Waals surface area contributed by atoms with Crippen LogP contribution in [0.5, 0.6) is 0 Å². The van der Waals surface area contributed by atoms with Crippen molar-refractivity contribution < 1.29 is 36.2 Å². The highest BCUT2D eigenvalue weighted by molar-refractivity contribution is 5.85. The maximum atomic E-state index is 13.3. The van der Waals surface area contributed by atoms with E-state index < -0.39 is 35.3 Å². The molecule has 2 aromatic rings. The van der Waals surface area contributed by atoms with Gasteiger partial charge in [-0.1, -0.05) is 18.2 Å². The van der Waals surface area contributed by atoms with Gasteiger partial charge in [-0.05, 0) is 42.2 Å². The molecule has 1 aliphatic carbocycles. The third-order valence-corrected chi connectivity index (χ3v) is 5.96. The van der Waals surface area contributed by atoms with Gasteiger partial charge in [-0.3, -0.25) is 0 Å². The lowest BCUT2D eigenvalue weighted by Gasteiger charge is -2.22. The number of fused-ring (bicyclic) bond motifs is 1. The molecule has 1 saturated carbocycles. The number of carboxylic acid groups (broad SMARTS) is 1. The molecule has 1 N–H and O–H groups in total. The molecule has 166 valence electrons. The van der Waals surface area contributed by atoms with E-state index in [1.807, 2.05) is 0 Å². The Morgan fingerprint density at radius 2 is 1.58 bits per heavy atom. The van der Waals surface area contributed by atoms with Crippen LogP contribution < -0.4 is 4.90 Å². The summed E-state index contributed by atoms with van der Waals surface area (Å²) in [5, 5.41) is 9.09. The Bertz CT molecular complexity index is 993. The van der Waals surface area contributed by atoms with Crippen molar-refractivity contribution in [2.75, 3.05) is 18.0 Å². The number of hydrogen-bond donors (Lipinski definition) is 1. The summed E-state index contributed by atoms with van der Waals surface area (Å²) >= 11 is 0. The molecule has 1 saturated heterocycles. The lowest BCUT2D eigenvalue weighted by molar-refractivity contribution is -0.141. The van der Waals surface area contributed by atoms with E-state index in [0.29, 0.717) is 18.9 Å². The van der Waals surface area contributed by atoms with Crippen molar-refractivity contribution in [2.45, 2.75) is 31.1 Å². The van der Waals surface area contributed by atoms with Crippen LogP contribution >= 0.6 is 0 Å². The van der Waals surface area contributed by atoms with E-state index >= 15 is 0 Å². The predicted molar refractivity (Wildman–Crippen MR) is 96.6 cm³/mol. The number of carboxylic acids is 1. The molecule has 4 rings (SSSR count). The van der Waals surface area contributed by atoms with Gasteiger partial charge in [0.1, 0.15) is 0 Å². The first-order valence-corrected chi connectivity index (χ1v) is 9.54. The minimum absolute atomic E-state index is 0.0438. The molecule has 0 bridgehead atoms. The van der Waals surface area contributed by atoms with Crippen LogP contribution in [-0.2, 0) is 12.4 Å². The van der Waals surface area contributed by atoms with Crippen LogP contribution in [0.2, 0.25) is 0 Å². The minimum Gasteiger partial charge on any atom is -0.477 e. The van der Waals surface area contributed by atoms with Gasteiger partial charge in [-0.25, -0.2) is 14.8 Å². The first kappa shape index (κ1) is 21.4. The van der Waals surface area contributed by atoms with Gasteiger partial charge in [0.2, 0.25) is 5.95 Å². The maximum absolute atomic E-state index is 13.3. The first-order valence-electron chi connectivity index (χ1n) is 9.54. The number of carbonyl (C=O) groups is 1. The SMILES string of the molecule is O=C(O)c1cc(C(F)(F)F)nc(N2C[C@H]3CC(c4ccccc4C(F)(F)F)C[C@H]3C2)n1. The number of rotatable bonds is 3. The molecule has 31 heavy (non-hydrogen) atoms. The highest BCUT2D eigenvalue weighted by Crippen LogP contribution is 2.49. The third kappa shape index (κ3) is 4.17. The molecule has 1 aromatic carbocycles. The molecular weight excluding hydrogens is 428 g/mol. The van der Waals surface area contributed by atoms with E-state index in [2.05, 4.69) is 9.97 Å². The molecule has 11 heteroatoms. The summed E-state index contributed by atoms with van der Waals surface area (Å²) in [6, 6.07) is 5.82. The Morgan fingerprint density at radius 1 is 0.968 bits per heavy atom. The summed E-state index contributed by atoms with van der Waals surface area (Å²) in [7, 11) is 0. The van der Waals surface area contributed by atoms with Crippen LogP contribution in [0, 0.1) is 11.8 Å². The number of alkyl halides is 6. The van der Waals surface area contributed by atoms with E-state index in [1.165, 1.54) is 17.0 Å². The van der Waals surface area contributed by atoms with E-state index in [-0.39, 0.29) is 42.4 Å². The molecule has 2 heterocycles. The van der Waals surface area contributed by atoms with Crippen LogP contribution in [0.25, 0.3) is 0 Å². The number of benzene rings is 1. The highest BCUT2D eigenvalue weighted by atomic mass is 19.4. The van der Waals surface area contributed by atoms with Gasteiger partial charge in [0.15, 0.2) is 11.4 Å². The molecule has 0 spiro atoms. The minimum atomic E-state index is -4.83. The zero-order chi connectivity index (χ0) is 22.6. The Hall–Kier alpha value is -2.85. The summed E-state index contributed by atoms with van der Waals surface area (Å²) in [6.45, 7) is 0.519. The number of hydrogen-bond acceptors (Lipinski definition) is 4. The second-order valence-electron chi connectivity index (χ2n) is 7.92. The van der Waals surface area contributed by atoms with Crippen molar-refractivity contribution in [1.82, 2.24) is 9.97 Å². The van der Waals surface area contributed by atoms with Crippen molar-refractivity contribution in [2.24, 2.45) is 11.8 Å². The Kier molecular flexibility index (Phi) is 5.09. The summed E-state index contributed by atoms with van der Waals surface area (Å²) in [6.07, 6.45) is -8.37. The van der Waals surface area contributed by atoms with Gasteiger partial charge in [0.25, 0.3) is 0 Å². The molecule has 2 aliphatic rings. The molecule has 1 aliphatic heterocycles. The Morgan fingerprint density at radius 3 is 2.13 bits per heavy atom. The van der Waals surface area contributed by atoms with Crippen molar-refractivity contribution in [3.05, 3.63) is 52.8 Å². The van der Waals surface area contributed by atoms with Gasteiger partial charge in [-0.15, -0.1) is 0 Å². The molecule has 0 radical (unpaired) electrons. The summed E-state index contributed by atoms with van der Waals surface area (Å²) in [4.78, 5) is 19.9. The molecule has 3 atom stereocenters. The smallest absolute Gasteiger partial charge is 0.433 e. The number of anilines is 1. The third-order valence-electron chi connectivity index (χ3n) is 5.96. The van der Waals surface area contributed by atoms with Gasteiger partial charge in [0.05, 0.1) is 5.56 Å². The average molecular weight is 445 g/mol. The second kappa shape index (κ2) is 7.38. The van der Waals surface area contributed by atoms with Crippen molar-refractivity contribution >= 4 is 11.9 Å². The van der Waals surface area contributed by atoms with Crippen LogP contribution in [0.1, 0.15) is 46.1 Å². The van der Waals surface area contributed by atoms with Crippen molar-refractivity contribution in [3.8, 4) is 0 Å². The van der Waals surface area contributed by atoms with Crippen LogP contribution in [-0.4, -0.2) is 34.1 Å². The fraction of sp³-hybridized carbons (Fsp3) is 0.450. The van der Waals surface area contributed by atoms with Crippen molar-refractivity contribution in [3.63, 3.8) is 0 Å². The van der Waals surface area contributed by atoms with Crippen molar-refractivity contribution in [1.29, 1.82) is 0 Å². The Labute approximate surface area is 172 Å². The predicted octanol–water partition coefficient (Wildman–Crippen LogP) is 4.84. The monoisotopic (exact) mass is 445 g/mol. The topological polar surface area (TPSA) is 66.3 Å². The van der Waals surface area contributed by atoms with Gasteiger partial charge >= 0.3 is 18.3 Å². The number of aromatic nitrogens is 2. The zero-order valence-corrected chi connectivity index (χ0v) is 15.9. The quantitative estimate of drug-likeness (QED) is 0.685. The molecule has 1 unspecified atom stereocenters. The number of nitrogens with zero attached hydrogens (tertiary/aromatic N) is 3. The summed E-state index contributed by atoms with van der Waals surface area (Å²) < 4.78 is 79.4. The van der Waals surface area contributed by atoms with Gasteiger partial charge < -0.3 is 10.0 Å². The highest BCUT2D eigenvalue weighted by Gasteiger charge is 2.45. The number of halogens is 6. The summed E-state index contributed by atoms with van der Waals surface area (Å²) in [5.41, 5.74) is -2.53. The molecular formula is C20H17F6N3O2. The normalized spacial score (nSPS) is 23.8. The molecule has 5 nitrogen and oxygen atoms in total. The standard InChI is InChI=1S/C20H17F6N3O2/c21-19(22,23)14-4-2-1-3-13(14)10-5-11-8-29(9-12(11)6-10)18-27-15(17(30)31)7-16(28-18)20(24,25)26/h1-4,7,10-12H,5-6,8-9H2,(H,30,31)/t10?,11-,12+. The molecule has 0 amide bonds. The zero-order valence-electron chi connectivity index (χ0n) is 15.9. The second-order valence-corrected chi connectivity index (χ2v) is 7.92. The van der Waals surface area contributed by atoms with E-state index in [9.17, 15) is 31.1 Å². The van der Waals surface area contributed by atoms with Gasteiger partial charge in [0, 0.05) is 19.2 Å². The average Bonchev–Trinajstić information content (AvgIpc) is 3.25. The fourth-order valence-electron chi connectivity index (χ4n) is 4.66. The first-order chi connectivity index (χ1) is 14.4. The van der Waals surface area contributed by atoms with E-state index in [1.54, 1.807) is 6.07 Å². The largest absolute Gasteiger partial charge is 0.477 e. The lowest BCUT2D eigenvalue weighted by atomic mass is 9.91. The van der Waals surface area contributed by atoms with Crippen LogP contribution in [0.4, 0.5) is 32.3 Å². The maximum Gasteiger partial charge on any atom is 0.433 e. The molecule has 2 fully saturated rings. The van der Waals surface area contributed by atoms with E-state index in [0.717, 1.165) is 6.07 Å². The molecule has 1 aromatic heterocycles. The van der Waals surface area contributed by atoms with Gasteiger partial charge in [-0.2, -0.15) is 26.3 Å². The Balaban J connectivity index is 1.55. The summed E-state index contributed by atoms with van der Waals surface area (Å²) in [5.74, 6) is -2.31. The number of aromatic carboxylic acids is 1.